The second-order valence-electron chi connectivity index (χ2n) is 5.86. The number of alkyl halides is 3. The molecular weight excluding hydrogens is 393 g/mol. The Morgan fingerprint density at radius 3 is 2.64 bits per heavy atom. The number of hydrogen-bond acceptors (Lipinski definition) is 6. The van der Waals surface area contributed by atoms with Crippen molar-refractivity contribution in [2.45, 2.75) is 6.18 Å². The van der Waals surface area contributed by atoms with Gasteiger partial charge < -0.3 is 11.5 Å². The fraction of sp³-hybridized carbons (Fsp3) is 0.0588. The molecule has 1 amide bonds. The Bertz CT molecular complexity index is 1180. The lowest BCUT2D eigenvalue weighted by Crippen LogP contribution is -2.10. The van der Waals surface area contributed by atoms with E-state index in [1.54, 1.807) is 24.3 Å². The molecule has 4 rings (SSSR count). The summed E-state index contributed by atoms with van der Waals surface area (Å²) in [5.41, 5.74) is 11.1. The van der Waals surface area contributed by atoms with Gasteiger partial charge in [0.25, 0.3) is 0 Å². The molecule has 0 saturated heterocycles. The average Bonchev–Trinajstić information content (AvgIpc) is 3.20. The third-order valence-electron chi connectivity index (χ3n) is 3.96. The van der Waals surface area contributed by atoms with Crippen LogP contribution in [0.25, 0.3) is 26.8 Å². The van der Waals surface area contributed by atoms with Crippen LogP contribution in [0.4, 0.5) is 19.0 Å². The van der Waals surface area contributed by atoms with Crippen LogP contribution in [0, 0.1) is 0 Å². The minimum atomic E-state index is -4.61. The van der Waals surface area contributed by atoms with Crippen LogP contribution < -0.4 is 11.5 Å². The number of halogens is 3. The maximum atomic E-state index is 13.0. The zero-order valence-corrected chi connectivity index (χ0v) is 14.8. The lowest BCUT2D eigenvalue weighted by atomic mass is 10.1. The van der Waals surface area contributed by atoms with Gasteiger partial charge in [0.2, 0.25) is 10.9 Å². The first kappa shape index (κ1) is 17.9. The summed E-state index contributed by atoms with van der Waals surface area (Å²) >= 11 is 1.22. The number of amides is 1. The number of fused-ring (bicyclic) bond motifs is 1. The first-order chi connectivity index (χ1) is 13.2. The van der Waals surface area contributed by atoms with E-state index in [0.29, 0.717) is 21.1 Å². The Balaban J connectivity index is 1.72. The maximum Gasteiger partial charge on any atom is 0.419 e. The van der Waals surface area contributed by atoms with Gasteiger partial charge in [0.15, 0.2) is 0 Å². The summed E-state index contributed by atoms with van der Waals surface area (Å²) in [5.74, 6) is -1.14. The number of hydrogen-bond donors (Lipinski definition) is 2. The lowest BCUT2D eigenvalue weighted by Gasteiger charge is -2.09. The third-order valence-corrected chi connectivity index (χ3v) is 4.93. The highest BCUT2D eigenvalue weighted by Crippen LogP contribution is 2.35. The molecule has 0 fully saturated rings. The topological polar surface area (TPSA) is 112 Å². The molecule has 28 heavy (non-hydrogen) atoms. The minimum Gasteiger partial charge on any atom is -0.383 e. The van der Waals surface area contributed by atoms with E-state index in [9.17, 15) is 18.0 Å². The zero-order chi connectivity index (χ0) is 20.1. The average molecular weight is 404 g/mol. The Morgan fingerprint density at radius 2 is 1.96 bits per heavy atom. The maximum absolute atomic E-state index is 13.0. The summed E-state index contributed by atoms with van der Waals surface area (Å²) in [7, 11) is 0. The summed E-state index contributed by atoms with van der Waals surface area (Å²) in [5, 5.41) is 4.96. The molecule has 142 valence electrons. The number of carbonyl (C=O) groups excluding carboxylic acids is 1. The molecule has 1 aromatic carbocycles. The Labute approximate surface area is 159 Å². The highest BCUT2D eigenvalue weighted by Gasteiger charge is 2.34. The first-order valence-electron chi connectivity index (χ1n) is 7.82. The molecule has 0 saturated carbocycles. The van der Waals surface area contributed by atoms with Gasteiger partial charge in [-0.1, -0.05) is 23.5 Å². The highest BCUT2D eigenvalue weighted by atomic mass is 32.1. The predicted molar refractivity (Wildman–Crippen MR) is 97.5 cm³/mol. The molecule has 0 aliphatic carbocycles. The molecule has 0 aliphatic rings. The summed E-state index contributed by atoms with van der Waals surface area (Å²) in [4.78, 5) is 19.7. The molecule has 0 aliphatic heterocycles. The van der Waals surface area contributed by atoms with E-state index < -0.39 is 23.5 Å². The van der Waals surface area contributed by atoms with Gasteiger partial charge in [0.05, 0.1) is 17.5 Å². The molecule has 0 atom stereocenters. The number of rotatable bonds is 3. The summed E-state index contributed by atoms with van der Waals surface area (Å²) in [6.45, 7) is 0. The van der Waals surface area contributed by atoms with Crippen LogP contribution in [-0.4, -0.2) is 25.5 Å². The van der Waals surface area contributed by atoms with E-state index in [1.807, 2.05) is 0 Å². The Morgan fingerprint density at radius 1 is 1.18 bits per heavy atom. The molecule has 0 bridgehead atoms. The predicted octanol–water partition coefficient (Wildman–Crippen LogP) is 3.22. The molecule has 11 heteroatoms. The SMILES string of the molecule is NC(=O)c1cccc(-c2nn3cc(-c4cnc(N)c(C(F)(F)F)c4)nc3s2)c1. The van der Waals surface area contributed by atoms with Gasteiger partial charge in [-0.2, -0.15) is 18.3 Å². The van der Waals surface area contributed by atoms with E-state index >= 15 is 0 Å². The molecule has 3 aromatic heterocycles. The van der Waals surface area contributed by atoms with Gasteiger partial charge in [-0.15, -0.1) is 0 Å². The number of nitrogens with zero attached hydrogens (tertiary/aromatic N) is 4. The van der Waals surface area contributed by atoms with Crippen molar-refractivity contribution in [3.8, 4) is 21.8 Å². The molecular formula is C17H11F3N6OS. The smallest absolute Gasteiger partial charge is 0.383 e. The zero-order valence-electron chi connectivity index (χ0n) is 13.9. The number of nitrogen functional groups attached to an aromatic ring is 1. The Hall–Kier alpha value is -3.47. The highest BCUT2D eigenvalue weighted by molar-refractivity contribution is 7.19. The van der Waals surface area contributed by atoms with Crippen molar-refractivity contribution >= 4 is 28.0 Å². The van der Waals surface area contributed by atoms with E-state index in [1.165, 1.54) is 28.2 Å². The standard InChI is InChI=1S/C17H11F3N6OS/c18-17(19,20)11-5-10(6-23-13(11)21)12-7-26-16(24-12)28-15(25-26)9-3-1-2-8(4-9)14(22)27/h1-7H,(H2,21,23)(H2,22,27). The number of anilines is 1. The number of pyridine rings is 1. The van der Waals surface area contributed by atoms with Crippen LogP contribution in [0.1, 0.15) is 15.9 Å². The monoisotopic (exact) mass is 404 g/mol. The van der Waals surface area contributed by atoms with Crippen LogP contribution >= 0.6 is 11.3 Å². The number of carbonyl (C=O) groups is 1. The largest absolute Gasteiger partial charge is 0.419 e. The third kappa shape index (κ3) is 3.16. The van der Waals surface area contributed by atoms with Crippen molar-refractivity contribution in [1.29, 1.82) is 0 Å². The summed E-state index contributed by atoms with van der Waals surface area (Å²) in [6, 6.07) is 7.57. The summed E-state index contributed by atoms with van der Waals surface area (Å²) in [6.07, 6.45) is -1.88. The molecule has 3 heterocycles. The van der Waals surface area contributed by atoms with Crippen molar-refractivity contribution in [1.82, 2.24) is 19.6 Å². The van der Waals surface area contributed by atoms with E-state index in [4.69, 9.17) is 11.5 Å². The fourth-order valence-electron chi connectivity index (χ4n) is 2.60. The van der Waals surface area contributed by atoms with Gasteiger partial charge in [0.1, 0.15) is 10.8 Å². The normalized spacial score (nSPS) is 11.8. The molecule has 7 nitrogen and oxygen atoms in total. The molecule has 0 unspecified atom stereocenters. The second kappa shape index (κ2) is 6.30. The quantitative estimate of drug-likeness (QED) is 0.544. The minimum absolute atomic E-state index is 0.177. The Kier molecular flexibility index (Phi) is 4.03. The van der Waals surface area contributed by atoms with Gasteiger partial charge in [-0.3, -0.25) is 4.79 Å². The van der Waals surface area contributed by atoms with Crippen molar-refractivity contribution in [3.63, 3.8) is 0 Å². The van der Waals surface area contributed by atoms with Crippen molar-refractivity contribution in [3.05, 3.63) is 53.9 Å². The fourth-order valence-corrected chi connectivity index (χ4v) is 3.48. The van der Waals surface area contributed by atoms with Crippen LogP contribution in [0.3, 0.4) is 0 Å². The molecule has 4 N–H and O–H groups in total. The number of imidazole rings is 1. The van der Waals surface area contributed by atoms with Crippen LogP contribution in [0.5, 0.6) is 0 Å². The van der Waals surface area contributed by atoms with Crippen molar-refractivity contribution < 1.29 is 18.0 Å². The van der Waals surface area contributed by atoms with Crippen molar-refractivity contribution in [2.75, 3.05) is 5.73 Å². The number of aromatic nitrogens is 4. The number of nitrogens with two attached hydrogens (primary N) is 2. The first-order valence-corrected chi connectivity index (χ1v) is 8.63. The number of primary amides is 1. The van der Waals surface area contributed by atoms with Crippen molar-refractivity contribution in [2.24, 2.45) is 5.73 Å². The molecule has 4 aromatic rings. The molecule has 0 radical (unpaired) electrons. The van der Waals surface area contributed by atoms with Crippen LogP contribution in [0.2, 0.25) is 0 Å². The lowest BCUT2D eigenvalue weighted by molar-refractivity contribution is -0.137. The van der Waals surface area contributed by atoms with E-state index in [0.717, 1.165) is 6.07 Å². The van der Waals surface area contributed by atoms with Gasteiger partial charge in [-0.25, -0.2) is 14.5 Å². The van der Waals surface area contributed by atoms with Gasteiger partial charge in [0, 0.05) is 22.9 Å². The van der Waals surface area contributed by atoms with Gasteiger partial charge >= 0.3 is 6.18 Å². The van der Waals surface area contributed by atoms with E-state index in [-0.39, 0.29) is 11.3 Å². The summed E-state index contributed by atoms with van der Waals surface area (Å²) < 4.78 is 40.5. The van der Waals surface area contributed by atoms with E-state index in [2.05, 4.69) is 15.1 Å². The van der Waals surface area contributed by atoms with Crippen LogP contribution in [0.15, 0.2) is 42.7 Å². The van der Waals surface area contributed by atoms with Crippen LogP contribution in [-0.2, 0) is 6.18 Å². The molecule has 0 spiro atoms. The second-order valence-corrected chi connectivity index (χ2v) is 6.82. The van der Waals surface area contributed by atoms with Gasteiger partial charge in [-0.05, 0) is 18.2 Å². The number of benzene rings is 1.